The van der Waals surface area contributed by atoms with Crippen LogP contribution in [0.5, 0.6) is 0 Å². The summed E-state index contributed by atoms with van der Waals surface area (Å²) in [7, 11) is 0. The Kier molecular flexibility index (Phi) is 2.37. The van der Waals surface area contributed by atoms with Crippen molar-refractivity contribution >= 4 is 5.82 Å². The van der Waals surface area contributed by atoms with Crippen LogP contribution in [-0.4, -0.2) is 19.7 Å². The number of hydrogen-bond donors (Lipinski definition) is 1. The predicted octanol–water partition coefficient (Wildman–Crippen LogP) is 1.12. The highest BCUT2D eigenvalue weighted by Crippen LogP contribution is 2.15. The van der Waals surface area contributed by atoms with Crippen molar-refractivity contribution in [3.8, 4) is 5.82 Å². The zero-order valence-corrected chi connectivity index (χ0v) is 8.81. The summed E-state index contributed by atoms with van der Waals surface area (Å²) < 4.78 is 1.70. The van der Waals surface area contributed by atoms with Crippen molar-refractivity contribution in [2.45, 2.75) is 20.3 Å². The van der Waals surface area contributed by atoms with Crippen LogP contribution in [0.15, 0.2) is 18.5 Å². The molecule has 0 aromatic carbocycles. The predicted molar refractivity (Wildman–Crippen MR) is 57.7 cm³/mol. The van der Waals surface area contributed by atoms with E-state index in [4.69, 9.17) is 5.73 Å². The number of aromatic nitrogens is 4. The molecule has 15 heavy (non-hydrogen) atoms. The average molecular weight is 203 g/mol. The third kappa shape index (κ3) is 1.68. The second-order valence-electron chi connectivity index (χ2n) is 3.28. The number of nitrogens with two attached hydrogens (primary N) is 1. The van der Waals surface area contributed by atoms with E-state index in [1.165, 1.54) is 0 Å². The highest BCUT2D eigenvalue weighted by molar-refractivity contribution is 5.47. The van der Waals surface area contributed by atoms with E-state index in [0.717, 1.165) is 23.6 Å². The Morgan fingerprint density at radius 1 is 1.40 bits per heavy atom. The second kappa shape index (κ2) is 3.68. The summed E-state index contributed by atoms with van der Waals surface area (Å²) in [4.78, 5) is 8.59. The minimum Gasteiger partial charge on any atom is -0.383 e. The molecular formula is C10H13N5. The molecule has 0 aliphatic carbocycles. The summed E-state index contributed by atoms with van der Waals surface area (Å²) in [6.45, 7) is 3.89. The van der Waals surface area contributed by atoms with E-state index >= 15 is 0 Å². The van der Waals surface area contributed by atoms with Gasteiger partial charge < -0.3 is 5.73 Å². The quantitative estimate of drug-likeness (QED) is 0.793. The van der Waals surface area contributed by atoms with E-state index in [0.29, 0.717) is 5.82 Å². The maximum Gasteiger partial charge on any atom is 0.162 e. The molecule has 2 aromatic rings. The first-order valence-electron chi connectivity index (χ1n) is 4.85. The molecule has 5 heteroatoms. The highest BCUT2D eigenvalue weighted by atomic mass is 15.3. The number of nitrogens with zero attached hydrogens (tertiary/aromatic N) is 4. The number of anilines is 1. The molecule has 0 bridgehead atoms. The Morgan fingerprint density at radius 3 is 2.80 bits per heavy atom. The summed E-state index contributed by atoms with van der Waals surface area (Å²) in [6.07, 6.45) is 4.32. The van der Waals surface area contributed by atoms with Crippen LogP contribution in [0.2, 0.25) is 0 Å². The Hall–Kier alpha value is -1.91. The molecule has 2 N–H and O–H groups in total. The minimum absolute atomic E-state index is 0.521. The first-order valence-corrected chi connectivity index (χ1v) is 4.85. The third-order valence-corrected chi connectivity index (χ3v) is 2.24. The molecule has 2 rings (SSSR count). The smallest absolute Gasteiger partial charge is 0.162 e. The van der Waals surface area contributed by atoms with Gasteiger partial charge in [0.2, 0.25) is 0 Å². The molecule has 0 saturated carbocycles. The van der Waals surface area contributed by atoms with Crippen LogP contribution >= 0.6 is 0 Å². The van der Waals surface area contributed by atoms with Gasteiger partial charge in [0.25, 0.3) is 0 Å². The molecule has 0 amide bonds. The molecule has 2 aromatic heterocycles. The Bertz CT molecular complexity index is 461. The van der Waals surface area contributed by atoms with Crippen molar-refractivity contribution in [1.82, 2.24) is 19.7 Å². The van der Waals surface area contributed by atoms with Crippen molar-refractivity contribution in [2.24, 2.45) is 0 Å². The lowest BCUT2D eigenvalue weighted by atomic mass is 10.3. The Morgan fingerprint density at radius 2 is 2.20 bits per heavy atom. The summed E-state index contributed by atoms with van der Waals surface area (Å²) in [5.41, 5.74) is 6.67. The van der Waals surface area contributed by atoms with Gasteiger partial charge >= 0.3 is 0 Å². The molecule has 0 atom stereocenters. The summed E-state index contributed by atoms with van der Waals surface area (Å²) in [6, 6.07) is 1.85. The highest BCUT2D eigenvalue weighted by Gasteiger charge is 2.09. The first kappa shape index (κ1) is 9.64. The van der Waals surface area contributed by atoms with E-state index in [1.54, 1.807) is 10.9 Å². The van der Waals surface area contributed by atoms with Crippen LogP contribution in [0, 0.1) is 6.92 Å². The molecule has 0 spiro atoms. The summed E-state index contributed by atoms with van der Waals surface area (Å²) >= 11 is 0. The first-order chi connectivity index (χ1) is 7.22. The second-order valence-corrected chi connectivity index (χ2v) is 3.28. The fourth-order valence-corrected chi connectivity index (χ4v) is 1.34. The van der Waals surface area contributed by atoms with E-state index in [-0.39, 0.29) is 0 Å². The van der Waals surface area contributed by atoms with Gasteiger partial charge in [-0.25, -0.2) is 14.6 Å². The van der Waals surface area contributed by atoms with Gasteiger partial charge in [-0.05, 0) is 13.0 Å². The Labute approximate surface area is 88.0 Å². The summed E-state index contributed by atoms with van der Waals surface area (Å²) in [5.74, 6) is 2.01. The largest absolute Gasteiger partial charge is 0.383 e. The van der Waals surface area contributed by atoms with Gasteiger partial charge in [0.15, 0.2) is 5.82 Å². The number of aryl methyl sites for hydroxylation is 1. The lowest BCUT2D eigenvalue weighted by molar-refractivity contribution is 0.805. The molecule has 0 radical (unpaired) electrons. The molecule has 0 saturated heterocycles. The van der Waals surface area contributed by atoms with Crippen LogP contribution < -0.4 is 5.73 Å². The normalized spacial score (nSPS) is 10.5. The minimum atomic E-state index is 0.521. The van der Waals surface area contributed by atoms with Gasteiger partial charge in [-0.2, -0.15) is 5.10 Å². The fraction of sp³-hybridized carbons (Fsp3) is 0.300. The standard InChI is InChI=1S/C10H13N5/c1-3-8-13-9(11)7(2)10(14-8)15-6-4-5-12-15/h4-6H,3H2,1-2H3,(H2,11,13,14). The Balaban J connectivity index is 2.60. The van der Waals surface area contributed by atoms with E-state index in [2.05, 4.69) is 15.1 Å². The number of rotatable bonds is 2. The van der Waals surface area contributed by atoms with Crippen molar-refractivity contribution < 1.29 is 0 Å². The molecule has 0 aliphatic rings. The molecule has 0 aliphatic heterocycles. The van der Waals surface area contributed by atoms with Gasteiger partial charge in [-0.3, -0.25) is 0 Å². The topological polar surface area (TPSA) is 69.6 Å². The zero-order chi connectivity index (χ0) is 10.8. The van der Waals surface area contributed by atoms with Crippen molar-refractivity contribution in [3.63, 3.8) is 0 Å². The average Bonchev–Trinajstić information content (AvgIpc) is 2.75. The lowest BCUT2D eigenvalue weighted by Gasteiger charge is -2.08. The summed E-state index contributed by atoms with van der Waals surface area (Å²) in [5, 5.41) is 4.13. The maximum absolute atomic E-state index is 5.81. The van der Waals surface area contributed by atoms with Gasteiger partial charge in [0.1, 0.15) is 11.6 Å². The van der Waals surface area contributed by atoms with Crippen molar-refractivity contribution in [1.29, 1.82) is 0 Å². The van der Waals surface area contributed by atoms with Crippen LogP contribution in [0.3, 0.4) is 0 Å². The van der Waals surface area contributed by atoms with E-state index < -0.39 is 0 Å². The van der Waals surface area contributed by atoms with Gasteiger partial charge in [-0.15, -0.1) is 0 Å². The monoisotopic (exact) mass is 203 g/mol. The van der Waals surface area contributed by atoms with Gasteiger partial charge in [0, 0.05) is 24.4 Å². The van der Waals surface area contributed by atoms with Crippen molar-refractivity contribution in [2.75, 3.05) is 5.73 Å². The molecule has 78 valence electrons. The fourth-order valence-electron chi connectivity index (χ4n) is 1.34. The van der Waals surface area contributed by atoms with Crippen LogP contribution in [0.4, 0.5) is 5.82 Å². The lowest BCUT2D eigenvalue weighted by Crippen LogP contribution is -2.09. The number of nitrogen functional groups attached to an aromatic ring is 1. The third-order valence-electron chi connectivity index (χ3n) is 2.24. The van der Waals surface area contributed by atoms with Crippen molar-refractivity contribution in [3.05, 3.63) is 29.8 Å². The maximum atomic E-state index is 5.81. The zero-order valence-electron chi connectivity index (χ0n) is 8.81. The molecule has 2 heterocycles. The van der Waals surface area contributed by atoms with E-state index in [1.807, 2.05) is 26.1 Å². The molecule has 0 unspecified atom stereocenters. The number of hydrogen-bond acceptors (Lipinski definition) is 4. The van der Waals surface area contributed by atoms with Crippen LogP contribution in [0.1, 0.15) is 18.3 Å². The van der Waals surface area contributed by atoms with Crippen LogP contribution in [0.25, 0.3) is 5.82 Å². The SMILES string of the molecule is CCc1nc(N)c(C)c(-n2cccn2)n1. The van der Waals surface area contributed by atoms with E-state index in [9.17, 15) is 0 Å². The molecule has 0 fully saturated rings. The van der Waals surface area contributed by atoms with Gasteiger partial charge in [0.05, 0.1) is 0 Å². The van der Waals surface area contributed by atoms with Gasteiger partial charge in [-0.1, -0.05) is 6.92 Å². The van der Waals surface area contributed by atoms with Crippen LogP contribution in [-0.2, 0) is 6.42 Å². The molecular weight excluding hydrogens is 190 g/mol. The molecule has 5 nitrogen and oxygen atoms in total.